The van der Waals surface area contributed by atoms with Gasteiger partial charge in [0, 0.05) is 0 Å². The largest absolute Gasteiger partial charge is 0.305 e. The van der Waals surface area contributed by atoms with Crippen LogP contribution in [0.3, 0.4) is 0 Å². The van der Waals surface area contributed by atoms with Gasteiger partial charge in [-0.25, -0.2) is 5.90 Å². The van der Waals surface area contributed by atoms with Crippen molar-refractivity contribution >= 4 is 11.9 Å². The van der Waals surface area contributed by atoms with Crippen molar-refractivity contribution in [3.63, 3.8) is 0 Å². The summed E-state index contributed by atoms with van der Waals surface area (Å²) in [5, 5.41) is 0. The maximum atomic E-state index is 6.47. The van der Waals surface area contributed by atoms with Crippen molar-refractivity contribution < 1.29 is 9.50 Å². The van der Waals surface area contributed by atoms with Crippen LogP contribution in [0.25, 0.3) is 0 Å². The minimum absolute atomic E-state index is 0.597. The summed E-state index contributed by atoms with van der Waals surface area (Å²) in [5.41, 5.74) is 0. The fraction of sp³-hybridized carbons (Fsp3) is 1.00. The molecule has 0 radical (unpaired) electrons. The molecular formula is C2H8ClNO2. The smallest absolute Gasteiger partial charge is 0.0651 e. The van der Waals surface area contributed by atoms with E-state index in [1.54, 1.807) is 0 Å². The van der Waals surface area contributed by atoms with Crippen molar-refractivity contribution in [1.29, 1.82) is 0 Å². The van der Waals surface area contributed by atoms with E-state index >= 15 is 0 Å². The van der Waals surface area contributed by atoms with Crippen molar-refractivity contribution in [3.05, 3.63) is 0 Å². The van der Waals surface area contributed by atoms with E-state index in [2.05, 4.69) is 22.6 Å². The monoisotopic (exact) mass is 113 g/mol. The van der Waals surface area contributed by atoms with Gasteiger partial charge in [0.2, 0.25) is 0 Å². The van der Waals surface area contributed by atoms with Gasteiger partial charge in [0.05, 0.1) is 18.5 Å². The van der Waals surface area contributed by atoms with Gasteiger partial charge in [-0.15, -0.1) is 0 Å². The molecule has 0 saturated carbocycles. The lowest BCUT2D eigenvalue weighted by molar-refractivity contribution is 0.152. The molecule has 0 saturated heterocycles. The number of hydrogen-bond acceptors (Lipinski definition) is 3. The van der Waals surface area contributed by atoms with Crippen LogP contribution in [0, 0.1) is 0 Å². The second-order valence-electron chi connectivity index (χ2n) is 0.455. The molecule has 0 atom stereocenters. The predicted octanol–water partition coefficient (Wildman–Crippen LogP) is 0.0291. The zero-order chi connectivity index (χ0) is 5.41. The number of halogens is 1. The minimum atomic E-state index is 0.597. The molecule has 3 N–H and O–H groups in total. The first-order valence-electron chi connectivity index (χ1n) is 1.40. The average molecular weight is 114 g/mol. The Hall–Kier alpha value is 0.170. The van der Waals surface area contributed by atoms with E-state index in [1.165, 1.54) is 0 Å². The summed E-state index contributed by atoms with van der Waals surface area (Å²) in [6.45, 7) is 2.43. The van der Waals surface area contributed by atoms with Crippen LogP contribution in [0.5, 0.6) is 0 Å². The molecule has 0 heterocycles. The summed E-state index contributed by atoms with van der Waals surface area (Å²) in [6.07, 6.45) is 0. The molecule has 0 aromatic carbocycles. The molecule has 0 aliphatic heterocycles. The van der Waals surface area contributed by atoms with Gasteiger partial charge in [-0.3, -0.25) is 4.66 Å². The Morgan fingerprint density at radius 3 is 2.00 bits per heavy atom. The lowest BCUT2D eigenvalue weighted by Gasteiger charge is -1.76. The Morgan fingerprint density at radius 2 is 2.00 bits per heavy atom. The third kappa shape index (κ3) is 30.6. The summed E-state index contributed by atoms with van der Waals surface area (Å²) in [7, 11) is 0. The van der Waals surface area contributed by atoms with Crippen LogP contribution in [0.2, 0.25) is 0 Å². The van der Waals surface area contributed by atoms with Crippen LogP contribution in [-0.4, -0.2) is 11.3 Å². The Morgan fingerprint density at radius 1 is 1.83 bits per heavy atom. The summed E-state index contributed by atoms with van der Waals surface area (Å²) >= 11 is 3.64. The van der Waals surface area contributed by atoms with Crippen LogP contribution in [0.4, 0.5) is 0 Å². The van der Waals surface area contributed by atoms with Crippen molar-refractivity contribution in [2.75, 3.05) is 6.61 Å². The molecule has 3 nitrogen and oxygen atoms in total. The Balaban J connectivity index is 0. The van der Waals surface area contributed by atoms with Gasteiger partial charge < -0.3 is 4.84 Å². The molecule has 0 aromatic heterocycles. The fourth-order valence-electron chi connectivity index (χ4n) is 0. The van der Waals surface area contributed by atoms with Crippen molar-refractivity contribution in [2.24, 2.45) is 5.90 Å². The molecule has 0 bridgehead atoms. The summed E-state index contributed by atoms with van der Waals surface area (Å²) in [4.78, 5) is 4.04. The first-order chi connectivity index (χ1) is 2.91. The third-order valence-corrected chi connectivity index (χ3v) is 0.167. The fourth-order valence-corrected chi connectivity index (χ4v) is 0. The maximum absolute atomic E-state index is 6.47. The van der Waals surface area contributed by atoms with E-state index in [-0.39, 0.29) is 0 Å². The molecule has 0 spiro atoms. The Bertz CT molecular complexity index is 13.5. The molecule has 6 heavy (non-hydrogen) atoms. The first-order valence-corrected chi connectivity index (χ1v) is 1.74. The number of rotatable bonds is 1. The standard InChI is InChI=1S/C2H7NO.ClHO/c1-2-4-3;1-2/h2-3H2,1H3;2H. The van der Waals surface area contributed by atoms with Gasteiger partial charge in [-0.1, -0.05) is 0 Å². The molecule has 0 aliphatic rings. The van der Waals surface area contributed by atoms with Crippen LogP contribution in [0.1, 0.15) is 6.92 Å². The van der Waals surface area contributed by atoms with E-state index in [4.69, 9.17) is 4.66 Å². The molecule has 0 aromatic rings. The van der Waals surface area contributed by atoms with Gasteiger partial charge in [0.15, 0.2) is 0 Å². The molecule has 0 rings (SSSR count). The van der Waals surface area contributed by atoms with Crippen LogP contribution >= 0.6 is 11.9 Å². The van der Waals surface area contributed by atoms with E-state index in [0.29, 0.717) is 6.61 Å². The molecular weight excluding hydrogens is 105 g/mol. The van der Waals surface area contributed by atoms with Crippen molar-refractivity contribution in [3.8, 4) is 0 Å². The highest BCUT2D eigenvalue weighted by Gasteiger charge is 1.52. The molecule has 40 valence electrons. The van der Waals surface area contributed by atoms with Gasteiger partial charge >= 0.3 is 0 Å². The van der Waals surface area contributed by atoms with E-state index in [9.17, 15) is 0 Å². The van der Waals surface area contributed by atoms with E-state index < -0.39 is 0 Å². The van der Waals surface area contributed by atoms with Crippen molar-refractivity contribution in [1.82, 2.24) is 0 Å². The van der Waals surface area contributed by atoms with Gasteiger partial charge in [-0.2, -0.15) is 0 Å². The van der Waals surface area contributed by atoms with Gasteiger partial charge in [0.1, 0.15) is 0 Å². The topological polar surface area (TPSA) is 55.5 Å². The second-order valence-corrected chi connectivity index (χ2v) is 0.455. The van der Waals surface area contributed by atoms with E-state index in [1.807, 2.05) is 6.92 Å². The van der Waals surface area contributed by atoms with Gasteiger partial charge in [0.25, 0.3) is 0 Å². The highest BCUT2D eigenvalue weighted by Crippen LogP contribution is 1.46. The molecule has 0 fully saturated rings. The van der Waals surface area contributed by atoms with Crippen LogP contribution in [0.15, 0.2) is 0 Å². The van der Waals surface area contributed by atoms with Crippen LogP contribution < -0.4 is 5.90 Å². The quantitative estimate of drug-likeness (QED) is 0.472. The summed E-state index contributed by atoms with van der Waals surface area (Å²) < 4.78 is 6.47. The molecule has 0 aliphatic carbocycles. The second kappa shape index (κ2) is 19.1. The average Bonchev–Trinajstić information content (AvgIpc) is 1.72. The third-order valence-electron chi connectivity index (χ3n) is 0.167. The number of hydrogen-bond donors (Lipinski definition) is 2. The highest BCUT2D eigenvalue weighted by molar-refractivity contribution is 6.04. The molecule has 0 amide bonds. The van der Waals surface area contributed by atoms with Crippen molar-refractivity contribution in [2.45, 2.75) is 6.92 Å². The van der Waals surface area contributed by atoms with E-state index in [0.717, 1.165) is 0 Å². The Kier molecular flexibility index (Phi) is 30.2. The Labute approximate surface area is 41.8 Å². The summed E-state index contributed by atoms with van der Waals surface area (Å²) in [6, 6.07) is 0. The summed E-state index contributed by atoms with van der Waals surface area (Å²) in [5.74, 6) is 4.53. The van der Waals surface area contributed by atoms with Gasteiger partial charge in [-0.05, 0) is 6.92 Å². The predicted molar refractivity (Wildman–Crippen MR) is 23.9 cm³/mol. The molecule has 4 heteroatoms. The molecule has 0 unspecified atom stereocenters. The minimum Gasteiger partial charge on any atom is -0.305 e. The SMILES string of the molecule is CCON.OCl. The van der Waals surface area contributed by atoms with Crippen LogP contribution in [-0.2, 0) is 4.84 Å². The number of nitrogens with two attached hydrogens (primary N) is 1. The lowest BCUT2D eigenvalue weighted by atomic mass is 10.9. The zero-order valence-corrected chi connectivity index (χ0v) is 4.27. The first kappa shape index (κ1) is 9.48. The normalized spacial score (nSPS) is 6.00. The zero-order valence-electron chi connectivity index (χ0n) is 3.52. The highest BCUT2D eigenvalue weighted by atomic mass is 35.5. The maximum Gasteiger partial charge on any atom is 0.0651 e. The lowest BCUT2D eigenvalue weighted by Crippen LogP contribution is -1.94.